The van der Waals surface area contributed by atoms with Gasteiger partial charge in [0.1, 0.15) is 6.04 Å². The topological polar surface area (TPSA) is 107 Å². The van der Waals surface area contributed by atoms with Crippen LogP contribution in [0.5, 0.6) is 11.5 Å². The van der Waals surface area contributed by atoms with E-state index in [-0.39, 0.29) is 11.1 Å². The summed E-state index contributed by atoms with van der Waals surface area (Å²) in [5.74, 6) is 1.77. The molecule has 10 nitrogen and oxygen atoms in total. The molecule has 1 atom stereocenters. The van der Waals surface area contributed by atoms with Crippen LogP contribution in [0.4, 0.5) is 0 Å². The van der Waals surface area contributed by atoms with Gasteiger partial charge in [-0.05, 0) is 43.3 Å². The first-order valence-electron chi connectivity index (χ1n) is 10.2. The summed E-state index contributed by atoms with van der Waals surface area (Å²) in [6.45, 7) is 8.62. The zero-order valence-electron chi connectivity index (χ0n) is 18.5. The van der Waals surface area contributed by atoms with Crippen LogP contribution in [0.1, 0.15) is 38.2 Å². The molecule has 0 aliphatic carbocycles. The number of fused-ring (bicyclic) bond motifs is 1. The number of aromatic amines is 1. The molecule has 31 heavy (non-hydrogen) atoms. The van der Waals surface area contributed by atoms with Gasteiger partial charge in [0.25, 0.3) is 5.56 Å². The van der Waals surface area contributed by atoms with Crippen molar-refractivity contribution in [1.29, 1.82) is 0 Å². The van der Waals surface area contributed by atoms with E-state index in [0.717, 1.165) is 5.39 Å². The van der Waals surface area contributed by atoms with Gasteiger partial charge in [-0.1, -0.05) is 0 Å². The summed E-state index contributed by atoms with van der Waals surface area (Å²) in [4.78, 5) is 18.5. The number of hydrogen-bond acceptors (Lipinski definition) is 8. The van der Waals surface area contributed by atoms with Gasteiger partial charge in [-0.2, -0.15) is 0 Å². The number of hydrogen-bond donors (Lipinski definition) is 1. The minimum Gasteiger partial charge on any atom is -0.493 e. The highest BCUT2D eigenvalue weighted by Gasteiger charge is 2.34. The summed E-state index contributed by atoms with van der Waals surface area (Å²) in [5.41, 5.74) is 0.702. The van der Waals surface area contributed by atoms with Gasteiger partial charge < -0.3 is 19.2 Å². The molecule has 0 radical (unpaired) electrons. The van der Waals surface area contributed by atoms with Crippen molar-refractivity contribution in [2.24, 2.45) is 0 Å². The van der Waals surface area contributed by atoms with Gasteiger partial charge in [0, 0.05) is 30.1 Å². The molecule has 1 unspecified atom stereocenters. The van der Waals surface area contributed by atoms with E-state index in [9.17, 15) is 4.79 Å². The number of nitrogens with zero attached hydrogens (tertiary/aromatic N) is 5. The maximum Gasteiger partial charge on any atom is 0.253 e. The third-order valence-corrected chi connectivity index (χ3v) is 5.46. The van der Waals surface area contributed by atoms with Crippen molar-refractivity contribution in [2.45, 2.75) is 32.4 Å². The molecule has 1 aliphatic rings. The molecule has 166 valence electrons. The number of ether oxygens (including phenoxy) is 3. The van der Waals surface area contributed by atoms with Crippen LogP contribution in [-0.2, 0) is 10.3 Å². The minimum absolute atomic E-state index is 0.195. The number of aromatic nitrogens is 5. The summed E-state index contributed by atoms with van der Waals surface area (Å²) < 4.78 is 18.1. The fourth-order valence-electron chi connectivity index (χ4n) is 3.93. The average molecular weight is 428 g/mol. The predicted octanol–water partition coefficient (Wildman–Crippen LogP) is 1.71. The smallest absolute Gasteiger partial charge is 0.253 e. The molecular weight excluding hydrogens is 400 g/mol. The normalized spacial score (nSPS) is 16.4. The van der Waals surface area contributed by atoms with Gasteiger partial charge in [0.05, 0.1) is 38.5 Å². The van der Waals surface area contributed by atoms with Crippen molar-refractivity contribution in [3.05, 3.63) is 39.9 Å². The van der Waals surface area contributed by atoms with Crippen molar-refractivity contribution >= 4 is 10.9 Å². The Hall–Kier alpha value is -2.98. The molecule has 0 spiro atoms. The second-order valence-corrected chi connectivity index (χ2v) is 8.52. The van der Waals surface area contributed by atoms with Crippen molar-refractivity contribution in [3.8, 4) is 11.5 Å². The molecule has 1 fully saturated rings. The summed E-state index contributed by atoms with van der Waals surface area (Å²) >= 11 is 0. The Kier molecular flexibility index (Phi) is 5.67. The SMILES string of the molecule is COc1cc2cc(C(c3nnnn3C(C)(C)C)N3CCOCC3)c(=O)[nH]c2cc1OC. The number of rotatable bonds is 5. The molecule has 4 rings (SSSR count). The lowest BCUT2D eigenvalue weighted by molar-refractivity contribution is 0.0206. The summed E-state index contributed by atoms with van der Waals surface area (Å²) in [5, 5.41) is 13.3. The number of H-pyrrole nitrogens is 1. The van der Waals surface area contributed by atoms with Crippen LogP contribution >= 0.6 is 0 Å². The molecule has 0 saturated carbocycles. The predicted molar refractivity (Wildman–Crippen MR) is 115 cm³/mol. The van der Waals surface area contributed by atoms with Crippen LogP contribution in [0.15, 0.2) is 23.0 Å². The van der Waals surface area contributed by atoms with E-state index in [1.807, 2.05) is 32.9 Å². The largest absolute Gasteiger partial charge is 0.493 e. The first kappa shape index (κ1) is 21.3. The first-order valence-corrected chi connectivity index (χ1v) is 10.2. The Morgan fingerprint density at radius 1 is 1.10 bits per heavy atom. The maximum atomic E-state index is 13.3. The van der Waals surface area contributed by atoms with Crippen LogP contribution in [0, 0.1) is 0 Å². The van der Waals surface area contributed by atoms with E-state index in [0.29, 0.717) is 54.7 Å². The average Bonchev–Trinajstić information content (AvgIpc) is 3.24. The Bertz CT molecular complexity index is 1130. The molecule has 1 aliphatic heterocycles. The molecule has 1 N–H and O–H groups in total. The van der Waals surface area contributed by atoms with Crippen LogP contribution in [0.3, 0.4) is 0 Å². The third-order valence-electron chi connectivity index (χ3n) is 5.46. The summed E-state index contributed by atoms with van der Waals surface area (Å²) in [7, 11) is 3.15. The van der Waals surface area contributed by atoms with Crippen molar-refractivity contribution in [2.75, 3.05) is 40.5 Å². The van der Waals surface area contributed by atoms with E-state index in [1.165, 1.54) is 0 Å². The van der Waals surface area contributed by atoms with E-state index in [2.05, 4.69) is 25.4 Å². The second-order valence-electron chi connectivity index (χ2n) is 8.52. The maximum absolute atomic E-state index is 13.3. The highest BCUT2D eigenvalue weighted by Crippen LogP contribution is 2.34. The van der Waals surface area contributed by atoms with Crippen LogP contribution < -0.4 is 15.0 Å². The van der Waals surface area contributed by atoms with Gasteiger partial charge in [-0.3, -0.25) is 9.69 Å². The molecular formula is C21H28N6O4. The molecule has 0 bridgehead atoms. The molecule has 3 heterocycles. The zero-order chi connectivity index (χ0) is 22.2. The minimum atomic E-state index is -0.417. The monoisotopic (exact) mass is 428 g/mol. The number of tetrazole rings is 1. The van der Waals surface area contributed by atoms with Gasteiger partial charge >= 0.3 is 0 Å². The van der Waals surface area contributed by atoms with E-state index in [4.69, 9.17) is 14.2 Å². The van der Waals surface area contributed by atoms with Crippen molar-refractivity contribution in [3.63, 3.8) is 0 Å². The lowest BCUT2D eigenvalue weighted by Crippen LogP contribution is -2.43. The standard InChI is InChI=1S/C21H28N6O4/c1-21(2,3)27-19(23-24-25-27)18(26-6-8-31-9-7-26)14-10-13-11-16(29-4)17(30-5)12-15(13)22-20(14)28/h10-12,18H,6-9H2,1-5H3,(H,22,28). The molecule has 2 aromatic heterocycles. The fraction of sp³-hybridized carbons (Fsp3) is 0.524. The zero-order valence-corrected chi connectivity index (χ0v) is 18.5. The Balaban J connectivity index is 1.92. The Morgan fingerprint density at radius 2 is 1.77 bits per heavy atom. The number of methoxy groups -OCH3 is 2. The van der Waals surface area contributed by atoms with Gasteiger partial charge in [-0.15, -0.1) is 5.10 Å². The van der Waals surface area contributed by atoms with Crippen molar-refractivity contribution in [1.82, 2.24) is 30.1 Å². The number of pyridine rings is 1. The van der Waals surface area contributed by atoms with Gasteiger partial charge in [0.2, 0.25) is 0 Å². The number of morpholine rings is 1. The quantitative estimate of drug-likeness (QED) is 0.654. The number of nitrogens with one attached hydrogen (secondary N) is 1. The van der Waals surface area contributed by atoms with E-state index < -0.39 is 6.04 Å². The molecule has 0 amide bonds. The summed E-state index contributed by atoms with van der Waals surface area (Å²) in [6, 6.07) is 5.09. The lowest BCUT2D eigenvalue weighted by atomic mass is 10.0. The third kappa shape index (κ3) is 4.00. The fourth-order valence-corrected chi connectivity index (χ4v) is 3.93. The molecule has 1 aromatic carbocycles. The second kappa shape index (κ2) is 8.27. The van der Waals surface area contributed by atoms with Crippen LogP contribution in [0.2, 0.25) is 0 Å². The van der Waals surface area contributed by atoms with Crippen molar-refractivity contribution < 1.29 is 14.2 Å². The highest BCUT2D eigenvalue weighted by molar-refractivity contribution is 5.83. The highest BCUT2D eigenvalue weighted by atomic mass is 16.5. The Morgan fingerprint density at radius 3 is 2.42 bits per heavy atom. The van der Waals surface area contributed by atoms with E-state index in [1.54, 1.807) is 25.0 Å². The van der Waals surface area contributed by atoms with Crippen LogP contribution in [0.25, 0.3) is 10.9 Å². The molecule has 1 saturated heterocycles. The van der Waals surface area contributed by atoms with E-state index >= 15 is 0 Å². The lowest BCUT2D eigenvalue weighted by Gasteiger charge is -2.34. The number of benzene rings is 1. The molecule has 10 heteroatoms. The molecule has 3 aromatic rings. The van der Waals surface area contributed by atoms with Gasteiger partial charge in [0.15, 0.2) is 17.3 Å². The first-order chi connectivity index (χ1) is 14.8. The van der Waals surface area contributed by atoms with Gasteiger partial charge in [-0.25, -0.2) is 4.68 Å². The Labute approximate surface area is 180 Å². The summed E-state index contributed by atoms with van der Waals surface area (Å²) in [6.07, 6.45) is 0. The van der Waals surface area contributed by atoms with Crippen LogP contribution in [-0.4, -0.2) is 70.6 Å².